The van der Waals surface area contributed by atoms with E-state index in [1.165, 1.54) is 0 Å². The molecule has 4 heteroatoms. The largest absolute Gasteiger partial charge is 0.422 e. The van der Waals surface area contributed by atoms with E-state index in [4.69, 9.17) is 9.47 Å². The van der Waals surface area contributed by atoms with Crippen molar-refractivity contribution in [3.8, 4) is 0 Å². The molecule has 4 nitrogen and oxygen atoms in total. The number of cyclic esters (lactones) is 2. The van der Waals surface area contributed by atoms with Gasteiger partial charge in [0.2, 0.25) is 0 Å². The molecule has 0 saturated carbocycles. The van der Waals surface area contributed by atoms with Crippen LogP contribution in [0, 0.1) is 5.41 Å². The van der Waals surface area contributed by atoms with Crippen molar-refractivity contribution >= 4 is 11.9 Å². The Bertz CT molecular complexity index is 328. The lowest BCUT2D eigenvalue weighted by Crippen LogP contribution is -2.52. The molecule has 0 aromatic heterocycles. The van der Waals surface area contributed by atoms with Crippen molar-refractivity contribution in [2.24, 2.45) is 5.41 Å². The molecule has 1 fully saturated rings. The van der Waals surface area contributed by atoms with Crippen LogP contribution in [0.25, 0.3) is 0 Å². The molecule has 0 N–H and O–H groups in total. The van der Waals surface area contributed by atoms with Gasteiger partial charge in [-0.1, -0.05) is 11.6 Å². The Morgan fingerprint density at radius 2 is 1.56 bits per heavy atom. The summed E-state index contributed by atoms with van der Waals surface area (Å²) in [5.74, 6) is -2.20. The van der Waals surface area contributed by atoms with E-state index in [9.17, 15) is 9.59 Å². The summed E-state index contributed by atoms with van der Waals surface area (Å²) >= 11 is 0. The molecular weight excluding hydrogens is 208 g/mol. The van der Waals surface area contributed by atoms with E-state index in [2.05, 4.69) is 0 Å². The van der Waals surface area contributed by atoms with Gasteiger partial charge in [-0.25, -0.2) is 0 Å². The fourth-order valence-electron chi connectivity index (χ4n) is 1.35. The number of carbonyl (C=O) groups excluding carboxylic acids is 2. The van der Waals surface area contributed by atoms with Crippen LogP contribution >= 0.6 is 0 Å². The van der Waals surface area contributed by atoms with Crippen LogP contribution in [0.4, 0.5) is 0 Å². The molecule has 1 rings (SSSR count). The highest BCUT2D eigenvalue weighted by atomic mass is 16.7. The Morgan fingerprint density at radius 3 is 1.94 bits per heavy atom. The van der Waals surface area contributed by atoms with Crippen molar-refractivity contribution < 1.29 is 19.1 Å². The van der Waals surface area contributed by atoms with Crippen molar-refractivity contribution in [2.45, 2.75) is 46.8 Å². The maximum atomic E-state index is 11.8. The summed E-state index contributed by atoms with van der Waals surface area (Å²) in [6, 6.07) is 0. The zero-order chi connectivity index (χ0) is 12.6. The quantitative estimate of drug-likeness (QED) is 0.411. The highest BCUT2D eigenvalue weighted by molar-refractivity contribution is 6.01. The summed E-state index contributed by atoms with van der Waals surface area (Å²) in [5.41, 5.74) is -0.168. The third-order valence-electron chi connectivity index (χ3n) is 2.50. The molecule has 0 aliphatic carbocycles. The minimum absolute atomic E-state index is 0.309. The first-order chi connectivity index (χ1) is 7.17. The van der Waals surface area contributed by atoms with Gasteiger partial charge in [0, 0.05) is 13.8 Å². The van der Waals surface area contributed by atoms with Gasteiger partial charge in [-0.3, -0.25) is 9.59 Å². The minimum atomic E-state index is -1.22. The zero-order valence-electron chi connectivity index (χ0n) is 10.4. The van der Waals surface area contributed by atoms with Crippen molar-refractivity contribution in [1.29, 1.82) is 0 Å². The fourth-order valence-corrected chi connectivity index (χ4v) is 1.35. The SMILES string of the molecule is CC(C)=CCC1(C)C(=O)OC(C)(C)OC1=O. The molecule has 0 amide bonds. The second-order valence-corrected chi connectivity index (χ2v) is 5.00. The first-order valence-corrected chi connectivity index (χ1v) is 5.28. The lowest BCUT2D eigenvalue weighted by molar-refractivity contribution is -0.249. The van der Waals surface area contributed by atoms with Gasteiger partial charge in [-0.15, -0.1) is 0 Å². The van der Waals surface area contributed by atoms with E-state index in [1.807, 2.05) is 19.9 Å². The molecule has 1 heterocycles. The summed E-state index contributed by atoms with van der Waals surface area (Å²) in [7, 11) is 0. The van der Waals surface area contributed by atoms with Gasteiger partial charge >= 0.3 is 11.9 Å². The number of allylic oxidation sites excluding steroid dienone is 2. The van der Waals surface area contributed by atoms with Crippen LogP contribution in [-0.4, -0.2) is 17.7 Å². The summed E-state index contributed by atoms with van der Waals surface area (Å²) in [6.45, 7) is 8.46. The van der Waals surface area contributed by atoms with Gasteiger partial charge in [0.15, 0.2) is 5.41 Å². The average molecular weight is 226 g/mol. The Balaban J connectivity index is 2.92. The van der Waals surface area contributed by atoms with Gasteiger partial charge in [0.25, 0.3) is 5.79 Å². The monoisotopic (exact) mass is 226 g/mol. The summed E-state index contributed by atoms with van der Waals surface area (Å²) < 4.78 is 10.2. The van der Waals surface area contributed by atoms with Crippen LogP contribution in [-0.2, 0) is 19.1 Å². The molecule has 0 aromatic rings. The number of ether oxygens (including phenoxy) is 2. The van der Waals surface area contributed by atoms with Gasteiger partial charge in [-0.05, 0) is 27.2 Å². The van der Waals surface area contributed by atoms with Crippen molar-refractivity contribution in [2.75, 3.05) is 0 Å². The Hall–Kier alpha value is -1.32. The van der Waals surface area contributed by atoms with E-state index < -0.39 is 23.1 Å². The fraction of sp³-hybridized carbons (Fsp3) is 0.667. The Kier molecular flexibility index (Phi) is 3.13. The van der Waals surface area contributed by atoms with E-state index in [0.29, 0.717) is 6.42 Å². The van der Waals surface area contributed by atoms with Gasteiger partial charge in [0.05, 0.1) is 0 Å². The maximum Gasteiger partial charge on any atom is 0.326 e. The van der Waals surface area contributed by atoms with Crippen LogP contribution < -0.4 is 0 Å². The van der Waals surface area contributed by atoms with Gasteiger partial charge in [0.1, 0.15) is 0 Å². The molecule has 90 valence electrons. The molecule has 1 aliphatic heterocycles. The maximum absolute atomic E-state index is 11.8. The predicted octanol–water partition coefficient (Wildman–Crippen LogP) is 2.19. The van der Waals surface area contributed by atoms with E-state index >= 15 is 0 Å². The van der Waals surface area contributed by atoms with Gasteiger partial charge in [-0.2, -0.15) is 0 Å². The smallest absolute Gasteiger partial charge is 0.326 e. The normalized spacial score (nSPS) is 22.1. The van der Waals surface area contributed by atoms with Crippen LogP contribution in [0.2, 0.25) is 0 Å². The molecule has 0 bridgehead atoms. The van der Waals surface area contributed by atoms with Gasteiger partial charge < -0.3 is 9.47 Å². The number of carbonyl (C=O) groups is 2. The van der Waals surface area contributed by atoms with E-state index in [0.717, 1.165) is 5.57 Å². The predicted molar refractivity (Wildman–Crippen MR) is 58.4 cm³/mol. The van der Waals surface area contributed by atoms with E-state index in [1.54, 1.807) is 20.8 Å². The number of rotatable bonds is 2. The summed E-state index contributed by atoms with van der Waals surface area (Å²) in [4.78, 5) is 23.6. The average Bonchev–Trinajstić information content (AvgIpc) is 2.10. The number of esters is 2. The third-order valence-corrected chi connectivity index (χ3v) is 2.50. The summed E-state index contributed by atoms with van der Waals surface area (Å²) in [5, 5.41) is 0. The zero-order valence-corrected chi connectivity index (χ0v) is 10.4. The second-order valence-electron chi connectivity index (χ2n) is 5.00. The molecule has 0 radical (unpaired) electrons. The highest BCUT2D eigenvalue weighted by Gasteiger charge is 2.52. The van der Waals surface area contributed by atoms with Crippen molar-refractivity contribution in [3.05, 3.63) is 11.6 Å². The molecule has 0 unspecified atom stereocenters. The van der Waals surface area contributed by atoms with E-state index in [-0.39, 0.29) is 0 Å². The van der Waals surface area contributed by atoms with Crippen LogP contribution in [0.5, 0.6) is 0 Å². The summed E-state index contributed by atoms with van der Waals surface area (Å²) in [6.07, 6.45) is 2.14. The Morgan fingerprint density at radius 1 is 1.12 bits per heavy atom. The standard InChI is InChI=1S/C12H18O4/c1-8(2)6-7-12(5)9(13)15-11(3,4)16-10(12)14/h6H,7H2,1-5H3. The van der Waals surface area contributed by atoms with Crippen molar-refractivity contribution in [1.82, 2.24) is 0 Å². The topological polar surface area (TPSA) is 52.6 Å². The number of hydrogen-bond donors (Lipinski definition) is 0. The highest BCUT2D eigenvalue weighted by Crippen LogP contribution is 2.35. The molecule has 1 aliphatic rings. The first-order valence-electron chi connectivity index (χ1n) is 5.28. The van der Waals surface area contributed by atoms with Crippen LogP contribution in [0.3, 0.4) is 0 Å². The first kappa shape index (κ1) is 12.7. The molecule has 0 aromatic carbocycles. The molecule has 1 saturated heterocycles. The molecule has 0 atom stereocenters. The third kappa shape index (κ3) is 2.43. The van der Waals surface area contributed by atoms with Crippen LogP contribution in [0.1, 0.15) is 41.0 Å². The molecular formula is C12H18O4. The van der Waals surface area contributed by atoms with Crippen molar-refractivity contribution in [3.63, 3.8) is 0 Å². The lowest BCUT2D eigenvalue weighted by atomic mass is 9.85. The number of hydrogen-bond acceptors (Lipinski definition) is 4. The second kappa shape index (κ2) is 3.92. The molecule has 0 spiro atoms. The lowest BCUT2D eigenvalue weighted by Gasteiger charge is -2.37. The van der Waals surface area contributed by atoms with Crippen LogP contribution in [0.15, 0.2) is 11.6 Å². The molecule has 16 heavy (non-hydrogen) atoms. The Labute approximate surface area is 95.6 Å². The minimum Gasteiger partial charge on any atom is -0.422 e.